The van der Waals surface area contributed by atoms with Gasteiger partial charge in [0.25, 0.3) is 5.69 Å². The number of non-ortho nitro benzene ring substituents is 1. The number of fused-ring (bicyclic) bond motifs is 1. The Morgan fingerprint density at radius 2 is 1.92 bits per heavy atom. The summed E-state index contributed by atoms with van der Waals surface area (Å²) in [6.45, 7) is 2.84. The van der Waals surface area contributed by atoms with Crippen LogP contribution in [0.4, 0.5) is 17.1 Å². The van der Waals surface area contributed by atoms with E-state index in [9.17, 15) is 10.1 Å². The molecule has 3 aromatic rings. The summed E-state index contributed by atoms with van der Waals surface area (Å²) in [6.07, 6.45) is 3.19. The summed E-state index contributed by atoms with van der Waals surface area (Å²) in [5, 5.41) is 15.9. The van der Waals surface area contributed by atoms with Crippen molar-refractivity contribution in [2.24, 2.45) is 0 Å². The molecule has 0 fully saturated rings. The highest BCUT2D eigenvalue weighted by Crippen LogP contribution is 2.30. The third kappa shape index (κ3) is 3.52. The van der Waals surface area contributed by atoms with Crippen molar-refractivity contribution >= 4 is 27.8 Å². The number of benzene rings is 2. The molecule has 0 saturated heterocycles. The molecule has 1 atom stereocenters. The molecule has 0 spiro atoms. The Kier molecular flexibility index (Phi) is 4.79. The number of hydrogen-bond donors (Lipinski definition) is 1. The van der Waals surface area contributed by atoms with Gasteiger partial charge in [-0.1, -0.05) is 18.2 Å². The fraction of sp³-hybridized carbons (Fsp3) is 0.211. The van der Waals surface area contributed by atoms with Crippen molar-refractivity contribution in [1.82, 2.24) is 4.98 Å². The van der Waals surface area contributed by atoms with Gasteiger partial charge in [-0.3, -0.25) is 15.1 Å². The van der Waals surface area contributed by atoms with Crippen LogP contribution in [0.25, 0.3) is 10.8 Å². The van der Waals surface area contributed by atoms with Gasteiger partial charge in [-0.2, -0.15) is 0 Å². The lowest BCUT2D eigenvalue weighted by Gasteiger charge is -2.27. The van der Waals surface area contributed by atoms with Crippen LogP contribution in [0.1, 0.15) is 6.92 Å². The molecule has 1 unspecified atom stereocenters. The lowest BCUT2D eigenvalue weighted by atomic mass is 10.1. The SMILES string of the molecule is CC(CNc1ccc([N+](=O)[O-])c2cnccc12)N(C)c1ccccc1. The minimum atomic E-state index is -0.375. The van der Waals surface area contributed by atoms with E-state index in [1.807, 2.05) is 18.2 Å². The molecular formula is C19H20N4O2. The van der Waals surface area contributed by atoms with Crippen molar-refractivity contribution in [2.75, 3.05) is 23.8 Å². The number of anilines is 2. The van der Waals surface area contributed by atoms with Crippen molar-refractivity contribution in [3.05, 3.63) is 71.0 Å². The van der Waals surface area contributed by atoms with E-state index in [1.54, 1.807) is 18.3 Å². The molecule has 2 aromatic carbocycles. The average Bonchev–Trinajstić information content (AvgIpc) is 2.65. The number of nitrogens with one attached hydrogen (secondary N) is 1. The summed E-state index contributed by atoms with van der Waals surface area (Å²) in [5.41, 5.74) is 2.09. The van der Waals surface area contributed by atoms with Gasteiger partial charge in [0.15, 0.2) is 0 Å². The maximum Gasteiger partial charge on any atom is 0.278 e. The lowest BCUT2D eigenvalue weighted by Crippen LogP contribution is -2.34. The molecule has 0 amide bonds. The van der Waals surface area contributed by atoms with Gasteiger partial charge in [0, 0.05) is 54.9 Å². The highest BCUT2D eigenvalue weighted by molar-refractivity contribution is 5.99. The highest BCUT2D eigenvalue weighted by atomic mass is 16.6. The zero-order chi connectivity index (χ0) is 17.8. The summed E-state index contributed by atoms with van der Waals surface area (Å²) in [7, 11) is 2.06. The minimum Gasteiger partial charge on any atom is -0.382 e. The summed E-state index contributed by atoms with van der Waals surface area (Å²) >= 11 is 0. The molecule has 1 N–H and O–H groups in total. The number of nitro benzene ring substituents is 1. The maximum atomic E-state index is 11.2. The molecule has 3 rings (SSSR count). The molecule has 0 aliphatic carbocycles. The molecule has 0 aliphatic heterocycles. The van der Waals surface area contributed by atoms with Crippen LogP contribution in [0.2, 0.25) is 0 Å². The number of para-hydroxylation sites is 1. The summed E-state index contributed by atoms with van der Waals surface area (Å²) in [4.78, 5) is 17.0. The first-order valence-electron chi connectivity index (χ1n) is 8.11. The van der Waals surface area contributed by atoms with E-state index in [-0.39, 0.29) is 16.7 Å². The largest absolute Gasteiger partial charge is 0.382 e. The first-order chi connectivity index (χ1) is 12.1. The van der Waals surface area contributed by atoms with Crippen LogP contribution >= 0.6 is 0 Å². The second kappa shape index (κ2) is 7.17. The monoisotopic (exact) mass is 336 g/mol. The van der Waals surface area contributed by atoms with Gasteiger partial charge in [-0.15, -0.1) is 0 Å². The Labute approximate surface area is 146 Å². The number of nitro groups is 1. The Balaban J connectivity index is 1.80. The molecule has 6 heteroatoms. The van der Waals surface area contributed by atoms with Crippen LogP contribution in [0.5, 0.6) is 0 Å². The van der Waals surface area contributed by atoms with Crippen molar-refractivity contribution in [3.8, 4) is 0 Å². The lowest BCUT2D eigenvalue weighted by molar-refractivity contribution is -0.383. The average molecular weight is 336 g/mol. The van der Waals surface area contributed by atoms with Crippen molar-refractivity contribution in [1.29, 1.82) is 0 Å². The highest BCUT2D eigenvalue weighted by Gasteiger charge is 2.15. The van der Waals surface area contributed by atoms with Gasteiger partial charge >= 0.3 is 0 Å². The van der Waals surface area contributed by atoms with E-state index in [0.717, 1.165) is 16.8 Å². The number of aromatic nitrogens is 1. The topological polar surface area (TPSA) is 71.3 Å². The van der Waals surface area contributed by atoms with Crippen LogP contribution < -0.4 is 10.2 Å². The number of hydrogen-bond acceptors (Lipinski definition) is 5. The quantitative estimate of drug-likeness (QED) is 0.542. The van der Waals surface area contributed by atoms with E-state index >= 15 is 0 Å². The van der Waals surface area contributed by atoms with Crippen molar-refractivity contribution in [3.63, 3.8) is 0 Å². The molecule has 6 nitrogen and oxygen atoms in total. The maximum absolute atomic E-state index is 11.2. The van der Waals surface area contributed by atoms with Gasteiger partial charge < -0.3 is 10.2 Å². The van der Waals surface area contributed by atoms with Crippen LogP contribution in [0, 0.1) is 10.1 Å². The zero-order valence-electron chi connectivity index (χ0n) is 14.2. The van der Waals surface area contributed by atoms with E-state index in [2.05, 4.69) is 41.3 Å². The van der Waals surface area contributed by atoms with Gasteiger partial charge in [0.1, 0.15) is 0 Å². The number of nitrogens with zero attached hydrogens (tertiary/aromatic N) is 3. The standard InChI is InChI=1S/C19H20N4O2/c1-14(22(2)15-6-4-3-5-7-15)12-21-18-8-9-19(23(24)25)17-13-20-11-10-16(17)18/h3-11,13-14,21H,12H2,1-2H3. The molecule has 0 aliphatic rings. The minimum absolute atomic E-state index is 0.0723. The predicted molar refractivity (Wildman–Crippen MR) is 101 cm³/mol. The Morgan fingerprint density at radius 1 is 1.16 bits per heavy atom. The molecule has 0 saturated carbocycles. The summed E-state index contributed by atoms with van der Waals surface area (Å²) < 4.78 is 0. The van der Waals surface area contributed by atoms with E-state index in [4.69, 9.17) is 0 Å². The molecule has 0 bridgehead atoms. The number of rotatable bonds is 6. The van der Waals surface area contributed by atoms with Crippen LogP contribution in [-0.2, 0) is 0 Å². The zero-order valence-corrected chi connectivity index (χ0v) is 14.2. The third-order valence-corrected chi connectivity index (χ3v) is 4.40. The Hall–Kier alpha value is -3.15. The number of pyridine rings is 1. The Bertz CT molecular complexity index is 883. The van der Waals surface area contributed by atoms with Gasteiger partial charge in [0.05, 0.1) is 10.3 Å². The first-order valence-corrected chi connectivity index (χ1v) is 8.11. The molecule has 1 heterocycles. The van der Waals surface area contributed by atoms with Gasteiger partial charge in [-0.25, -0.2) is 0 Å². The fourth-order valence-electron chi connectivity index (χ4n) is 2.80. The molecule has 0 radical (unpaired) electrons. The van der Waals surface area contributed by atoms with Gasteiger partial charge in [-0.05, 0) is 31.2 Å². The smallest absolute Gasteiger partial charge is 0.278 e. The van der Waals surface area contributed by atoms with E-state index in [1.165, 1.54) is 12.3 Å². The predicted octanol–water partition coefficient (Wildman–Crippen LogP) is 4.08. The second-order valence-electron chi connectivity index (χ2n) is 5.99. The third-order valence-electron chi connectivity index (χ3n) is 4.40. The molecule has 128 valence electrons. The first kappa shape index (κ1) is 16.7. The number of likely N-dealkylation sites (N-methyl/N-ethyl adjacent to an activating group) is 1. The molecular weight excluding hydrogens is 316 g/mol. The second-order valence-corrected chi connectivity index (χ2v) is 5.99. The van der Waals surface area contributed by atoms with Gasteiger partial charge in [0.2, 0.25) is 0 Å². The molecule has 25 heavy (non-hydrogen) atoms. The van der Waals surface area contributed by atoms with E-state index < -0.39 is 0 Å². The van der Waals surface area contributed by atoms with Crippen LogP contribution in [-0.4, -0.2) is 29.5 Å². The normalized spacial score (nSPS) is 11.9. The van der Waals surface area contributed by atoms with E-state index in [0.29, 0.717) is 11.9 Å². The molecule has 1 aromatic heterocycles. The fourth-order valence-corrected chi connectivity index (χ4v) is 2.80. The summed E-state index contributed by atoms with van der Waals surface area (Å²) in [5.74, 6) is 0. The van der Waals surface area contributed by atoms with Crippen molar-refractivity contribution in [2.45, 2.75) is 13.0 Å². The summed E-state index contributed by atoms with van der Waals surface area (Å²) in [6, 6.07) is 15.5. The van der Waals surface area contributed by atoms with Crippen LogP contribution in [0.3, 0.4) is 0 Å². The Morgan fingerprint density at radius 3 is 2.64 bits per heavy atom. The van der Waals surface area contributed by atoms with Crippen LogP contribution in [0.15, 0.2) is 60.9 Å². The van der Waals surface area contributed by atoms with Crippen molar-refractivity contribution < 1.29 is 4.92 Å².